The highest BCUT2D eigenvalue weighted by Crippen LogP contribution is 2.33. The molecule has 4 aromatic rings. The average Bonchev–Trinajstić information content (AvgIpc) is 3.42. The third-order valence-electron chi connectivity index (χ3n) is 8.48. The maximum atomic E-state index is 13.1. The highest BCUT2D eigenvalue weighted by atomic mass is 35.5. The van der Waals surface area contributed by atoms with E-state index >= 15 is 0 Å². The van der Waals surface area contributed by atoms with Crippen LogP contribution in [0.2, 0.25) is 5.02 Å². The quantitative estimate of drug-likeness (QED) is 0.267. The molecule has 2 fully saturated rings. The fraction of sp³-hybridized carbons (Fsp3) is 0.406. The minimum absolute atomic E-state index is 0.0780. The zero-order valence-corrected chi connectivity index (χ0v) is 24.5. The van der Waals surface area contributed by atoms with Gasteiger partial charge in [-0.3, -0.25) is 4.79 Å². The van der Waals surface area contributed by atoms with Gasteiger partial charge in [0, 0.05) is 47.6 Å². The number of fused-ring (bicyclic) bond motifs is 1. The van der Waals surface area contributed by atoms with Gasteiger partial charge in [-0.1, -0.05) is 29.8 Å². The molecule has 2 aliphatic heterocycles. The van der Waals surface area contributed by atoms with Crippen molar-refractivity contribution in [3.8, 4) is 11.3 Å². The number of likely N-dealkylation sites (tertiary alicyclic amines) is 1. The Balaban J connectivity index is 1.15. The van der Waals surface area contributed by atoms with Crippen molar-refractivity contribution in [1.29, 1.82) is 0 Å². The van der Waals surface area contributed by atoms with Crippen LogP contribution in [0.1, 0.15) is 36.8 Å². The van der Waals surface area contributed by atoms with Gasteiger partial charge in [-0.05, 0) is 94.2 Å². The molecule has 2 saturated heterocycles. The molecule has 0 spiro atoms. The van der Waals surface area contributed by atoms with E-state index in [9.17, 15) is 4.79 Å². The van der Waals surface area contributed by atoms with E-state index in [0.29, 0.717) is 24.2 Å². The van der Waals surface area contributed by atoms with Crippen LogP contribution in [0.25, 0.3) is 22.3 Å². The largest absolute Gasteiger partial charge is 0.382 e. The second-order valence-corrected chi connectivity index (χ2v) is 12.0. The summed E-state index contributed by atoms with van der Waals surface area (Å²) < 4.78 is 0. The Morgan fingerprint density at radius 3 is 2.63 bits per heavy atom. The topological polar surface area (TPSA) is 89.2 Å². The van der Waals surface area contributed by atoms with Crippen LogP contribution in [0.15, 0.2) is 54.9 Å². The minimum atomic E-state index is -0.0914. The first-order chi connectivity index (χ1) is 19.9. The maximum Gasteiger partial charge on any atom is 0.225 e. The van der Waals surface area contributed by atoms with E-state index in [4.69, 9.17) is 11.6 Å². The third kappa shape index (κ3) is 6.34. The van der Waals surface area contributed by atoms with Crippen molar-refractivity contribution in [3.05, 3.63) is 71.0 Å². The van der Waals surface area contributed by atoms with Crippen molar-refractivity contribution in [2.75, 3.05) is 43.4 Å². The van der Waals surface area contributed by atoms with Crippen molar-refractivity contribution in [2.45, 2.75) is 45.2 Å². The number of nitrogens with one attached hydrogen (secondary N) is 3. The van der Waals surface area contributed by atoms with Gasteiger partial charge in [0.05, 0.1) is 11.3 Å². The van der Waals surface area contributed by atoms with Gasteiger partial charge in [0.1, 0.15) is 17.8 Å². The molecular weight excluding hydrogens is 534 g/mol. The molecule has 8 nitrogen and oxygen atoms in total. The summed E-state index contributed by atoms with van der Waals surface area (Å²) in [4.78, 5) is 30.4. The summed E-state index contributed by atoms with van der Waals surface area (Å²) in [5, 5.41) is 8.51. The summed E-state index contributed by atoms with van der Waals surface area (Å²) in [6.07, 6.45) is 5.76. The normalized spacial score (nSPS) is 18.5. The highest BCUT2D eigenvalue weighted by Gasteiger charge is 2.28. The lowest BCUT2D eigenvalue weighted by Gasteiger charge is -2.33. The number of carbonyl (C=O) groups excluding carboxylic acids is 1. The Bertz CT molecular complexity index is 1510. The molecule has 3 N–H and O–H groups in total. The molecule has 1 amide bonds. The number of rotatable bonds is 7. The van der Waals surface area contributed by atoms with E-state index in [1.807, 2.05) is 24.3 Å². The van der Waals surface area contributed by atoms with Crippen molar-refractivity contribution >= 4 is 40.0 Å². The first-order valence-corrected chi connectivity index (χ1v) is 15.0. The second-order valence-electron chi connectivity index (χ2n) is 11.5. The van der Waals surface area contributed by atoms with E-state index in [0.717, 1.165) is 66.1 Å². The van der Waals surface area contributed by atoms with Crippen molar-refractivity contribution in [2.24, 2.45) is 5.92 Å². The number of piperidine rings is 2. The number of nitrogens with zero attached hydrogens (tertiary/aromatic N) is 4. The number of aromatic nitrogens is 3. The summed E-state index contributed by atoms with van der Waals surface area (Å²) >= 11 is 5.99. The standard InChI is InChI=1S/C32H38ClN7O/c1-21-16-26(37-25-11-14-39(2)15-12-25)9-10-27(21)29-17-28-30(38-29)35-20-36-31(28)40-13-3-4-23(19-40)32(41)34-18-22-5-7-24(33)8-6-22/h5-10,16-17,20,23,25,37H,3-4,11-15,18-19H2,1-2H3,(H,34,41)(H,35,36,38)/t23-/m0/s1. The summed E-state index contributed by atoms with van der Waals surface area (Å²) in [6.45, 7) is 6.43. The molecular formula is C32H38ClN7O. The van der Waals surface area contributed by atoms with Gasteiger partial charge in [0.25, 0.3) is 0 Å². The number of aryl methyl sites for hydroxylation is 1. The number of halogens is 1. The zero-order chi connectivity index (χ0) is 28.3. The third-order valence-corrected chi connectivity index (χ3v) is 8.73. The summed E-state index contributed by atoms with van der Waals surface area (Å²) in [5.41, 5.74) is 6.41. The molecule has 4 heterocycles. The predicted octanol–water partition coefficient (Wildman–Crippen LogP) is 5.63. The number of H-pyrrole nitrogens is 1. The van der Waals surface area contributed by atoms with Gasteiger partial charge < -0.3 is 25.4 Å². The zero-order valence-electron chi connectivity index (χ0n) is 23.8. The molecule has 6 rings (SSSR count). The lowest BCUT2D eigenvalue weighted by Crippen LogP contribution is -2.43. The Morgan fingerprint density at radius 2 is 1.85 bits per heavy atom. The molecule has 9 heteroatoms. The Morgan fingerprint density at radius 1 is 1.05 bits per heavy atom. The fourth-order valence-electron chi connectivity index (χ4n) is 6.09. The molecule has 0 unspecified atom stereocenters. The molecule has 1 atom stereocenters. The minimum Gasteiger partial charge on any atom is -0.382 e. The van der Waals surface area contributed by atoms with Gasteiger partial charge >= 0.3 is 0 Å². The van der Waals surface area contributed by atoms with E-state index in [1.165, 1.54) is 24.1 Å². The predicted molar refractivity (Wildman–Crippen MR) is 166 cm³/mol. The van der Waals surface area contributed by atoms with Crippen LogP contribution in [-0.4, -0.2) is 65.0 Å². The molecule has 0 saturated carbocycles. The summed E-state index contributed by atoms with van der Waals surface area (Å²) in [7, 11) is 2.19. The molecule has 0 aliphatic carbocycles. The number of benzene rings is 2. The van der Waals surface area contributed by atoms with E-state index in [1.54, 1.807) is 6.33 Å². The first-order valence-electron chi connectivity index (χ1n) is 14.6. The number of hydrogen-bond donors (Lipinski definition) is 3. The van der Waals surface area contributed by atoms with Crippen molar-refractivity contribution in [3.63, 3.8) is 0 Å². The molecule has 2 aromatic carbocycles. The summed E-state index contributed by atoms with van der Waals surface area (Å²) in [5.74, 6) is 0.867. The van der Waals surface area contributed by atoms with Gasteiger partial charge in [-0.2, -0.15) is 0 Å². The molecule has 214 valence electrons. The lowest BCUT2D eigenvalue weighted by molar-refractivity contribution is -0.125. The SMILES string of the molecule is Cc1cc(NC2CCN(C)CC2)ccc1-c1cc2c(N3CCC[C@H](C(=O)NCc4ccc(Cl)cc4)C3)ncnc2[nH]1. The number of anilines is 2. The number of hydrogen-bond acceptors (Lipinski definition) is 6. The van der Waals surface area contributed by atoms with Gasteiger partial charge in [0.15, 0.2) is 0 Å². The monoisotopic (exact) mass is 571 g/mol. The van der Waals surface area contributed by atoms with Crippen molar-refractivity contribution < 1.29 is 4.79 Å². The van der Waals surface area contributed by atoms with Gasteiger partial charge in [0.2, 0.25) is 5.91 Å². The fourth-order valence-corrected chi connectivity index (χ4v) is 6.21. The van der Waals surface area contributed by atoms with Crippen LogP contribution in [0.3, 0.4) is 0 Å². The Labute approximate surface area is 246 Å². The van der Waals surface area contributed by atoms with Crippen LogP contribution >= 0.6 is 11.6 Å². The van der Waals surface area contributed by atoms with Gasteiger partial charge in [-0.15, -0.1) is 0 Å². The molecule has 2 aliphatic rings. The number of aromatic amines is 1. The summed E-state index contributed by atoms with van der Waals surface area (Å²) in [6, 6.07) is 16.9. The van der Waals surface area contributed by atoms with Crippen LogP contribution in [-0.2, 0) is 11.3 Å². The van der Waals surface area contributed by atoms with Crippen molar-refractivity contribution in [1.82, 2.24) is 25.2 Å². The second kappa shape index (κ2) is 12.1. The maximum absolute atomic E-state index is 13.1. The number of carbonyl (C=O) groups is 1. The molecule has 41 heavy (non-hydrogen) atoms. The Kier molecular flexibility index (Phi) is 8.12. The smallest absolute Gasteiger partial charge is 0.225 e. The highest BCUT2D eigenvalue weighted by molar-refractivity contribution is 6.30. The van der Waals surface area contributed by atoms with Crippen LogP contribution in [0.4, 0.5) is 11.5 Å². The molecule has 0 bridgehead atoms. The number of amides is 1. The molecule has 2 aromatic heterocycles. The van der Waals surface area contributed by atoms with Crippen LogP contribution in [0, 0.1) is 12.8 Å². The average molecular weight is 572 g/mol. The van der Waals surface area contributed by atoms with E-state index in [-0.39, 0.29) is 11.8 Å². The van der Waals surface area contributed by atoms with E-state index < -0.39 is 0 Å². The van der Waals surface area contributed by atoms with Gasteiger partial charge in [-0.25, -0.2) is 9.97 Å². The first kappa shape index (κ1) is 27.5. The Hall–Kier alpha value is -3.62. The lowest BCUT2D eigenvalue weighted by atomic mass is 9.96. The molecule has 0 radical (unpaired) electrons. The van der Waals surface area contributed by atoms with Crippen LogP contribution < -0.4 is 15.5 Å². The van der Waals surface area contributed by atoms with Crippen LogP contribution in [0.5, 0.6) is 0 Å². The van der Waals surface area contributed by atoms with E-state index in [2.05, 4.69) is 73.6 Å².